The van der Waals surface area contributed by atoms with Gasteiger partial charge in [0.1, 0.15) is 6.54 Å². The third-order valence-electron chi connectivity index (χ3n) is 5.59. The van der Waals surface area contributed by atoms with Crippen LogP contribution in [0.25, 0.3) is 0 Å². The van der Waals surface area contributed by atoms with Gasteiger partial charge in [0.2, 0.25) is 6.41 Å². The van der Waals surface area contributed by atoms with Crippen molar-refractivity contribution in [2.75, 3.05) is 18.0 Å². The Kier molecular flexibility index (Phi) is 6.44. The Morgan fingerprint density at radius 1 is 1.09 bits per heavy atom. The van der Waals surface area contributed by atoms with Gasteiger partial charge in [-0.1, -0.05) is 70.0 Å². The molecular formula is C25H21BrClN3O2. The van der Waals surface area contributed by atoms with Gasteiger partial charge in [0.15, 0.2) is 0 Å². The van der Waals surface area contributed by atoms with Gasteiger partial charge in [-0.2, -0.15) is 5.10 Å². The van der Waals surface area contributed by atoms with E-state index in [0.717, 1.165) is 26.2 Å². The van der Waals surface area contributed by atoms with Crippen LogP contribution in [0.4, 0.5) is 5.69 Å². The molecule has 1 unspecified atom stereocenters. The van der Waals surface area contributed by atoms with Gasteiger partial charge in [-0.25, -0.2) is 0 Å². The van der Waals surface area contributed by atoms with Crippen LogP contribution in [0.1, 0.15) is 18.1 Å². The van der Waals surface area contributed by atoms with Crippen molar-refractivity contribution in [2.45, 2.75) is 12.3 Å². The molecule has 0 aliphatic carbocycles. The van der Waals surface area contributed by atoms with Crippen molar-refractivity contribution in [3.8, 4) is 0 Å². The molecule has 4 rings (SSSR count). The third kappa shape index (κ3) is 4.47. The van der Waals surface area contributed by atoms with Gasteiger partial charge in [0.25, 0.3) is 5.91 Å². The first-order valence-corrected chi connectivity index (χ1v) is 11.3. The van der Waals surface area contributed by atoms with Gasteiger partial charge < -0.3 is 0 Å². The fourth-order valence-corrected chi connectivity index (χ4v) is 4.32. The van der Waals surface area contributed by atoms with Gasteiger partial charge in [-0.05, 0) is 54.4 Å². The number of rotatable bonds is 6. The molecule has 0 saturated heterocycles. The molecular weight excluding hydrogens is 490 g/mol. The first-order chi connectivity index (χ1) is 15.4. The highest BCUT2D eigenvalue weighted by molar-refractivity contribution is 9.10. The number of halogens is 2. The van der Waals surface area contributed by atoms with E-state index in [1.54, 1.807) is 29.3 Å². The summed E-state index contributed by atoms with van der Waals surface area (Å²) in [5.41, 5.74) is 2.98. The van der Waals surface area contributed by atoms with Crippen LogP contribution in [0.5, 0.6) is 0 Å². The minimum Gasteiger partial charge on any atom is -0.286 e. The van der Waals surface area contributed by atoms with Gasteiger partial charge in [0, 0.05) is 9.50 Å². The highest BCUT2D eigenvalue weighted by Gasteiger charge is 2.41. The van der Waals surface area contributed by atoms with Gasteiger partial charge in [-0.15, -0.1) is 0 Å². The second-order valence-corrected chi connectivity index (χ2v) is 9.17. The molecule has 0 N–H and O–H groups in total. The van der Waals surface area contributed by atoms with Crippen molar-refractivity contribution in [3.05, 3.63) is 99.5 Å². The monoisotopic (exact) mass is 509 g/mol. The van der Waals surface area contributed by atoms with Crippen LogP contribution in [0.2, 0.25) is 5.02 Å². The van der Waals surface area contributed by atoms with E-state index in [-0.39, 0.29) is 12.5 Å². The zero-order valence-corrected chi connectivity index (χ0v) is 19.8. The smallest absolute Gasteiger partial charge is 0.254 e. The van der Waals surface area contributed by atoms with Crippen LogP contribution in [0, 0.1) is 0 Å². The third-order valence-corrected chi connectivity index (χ3v) is 6.37. The first kappa shape index (κ1) is 22.2. The predicted octanol–water partition coefficient (Wildman–Crippen LogP) is 5.27. The number of hydrazone groups is 1. The van der Waals surface area contributed by atoms with Crippen molar-refractivity contribution in [1.82, 2.24) is 5.01 Å². The van der Waals surface area contributed by atoms with E-state index >= 15 is 0 Å². The van der Waals surface area contributed by atoms with E-state index in [0.29, 0.717) is 23.7 Å². The number of nitrogens with zero attached hydrogens (tertiary/aromatic N) is 3. The lowest BCUT2D eigenvalue weighted by molar-refractivity contribution is -0.122. The fourth-order valence-electron chi connectivity index (χ4n) is 3.93. The number of carbonyl (C=O) groups is 2. The molecule has 7 heteroatoms. The molecule has 5 nitrogen and oxygen atoms in total. The average molecular weight is 511 g/mol. The highest BCUT2D eigenvalue weighted by Crippen LogP contribution is 2.35. The normalized spacial score (nSPS) is 17.7. The summed E-state index contributed by atoms with van der Waals surface area (Å²) in [6.45, 7) is 2.61. The Labute approximate surface area is 200 Å². The molecule has 0 radical (unpaired) electrons. The molecule has 3 aromatic rings. The summed E-state index contributed by atoms with van der Waals surface area (Å²) in [5.74, 6) is -0.348. The maximum atomic E-state index is 13.0. The van der Waals surface area contributed by atoms with Gasteiger partial charge in [0.05, 0.1) is 23.4 Å². The zero-order chi connectivity index (χ0) is 22.7. The van der Waals surface area contributed by atoms with Crippen molar-refractivity contribution >= 4 is 51.2 Å². The lowest BCUT2D eigenvalue weighted by Crippen LogP contribution is -2.40. The Hall–Kier alpha value is -2.96. The topological polar surface area (TPSA) is 53.0 Å². The number of anilines is 1. The molecule has 0 fully saturated rings. The van der Waals surface area contributed by atoms with E-state index in [9.17, 15) is 9.59 Å². The highest BCUT2D eigenvalue weighted by atomic mass is 79.9. The number of amides is 2. The summed E-state index contributed by atoms with van der Waals surface area (Å²) in [5, 5.41) is 7.20. The average Bonchev–Trinajstić information content (AvgIpc) is 3.13. The molecule has 162 valence electrons. The van der Waals surface area contributed by atoms with Gasteiger partial charge in [-0.3, -0.25) is 19.5 Å². The summed E-state index contributed by atoms with van der Waals surface area (Å²) in [6.07, 6.45) is 0.544. The standard InChI is InChI=1S/C25H21BrClN3O2/c1-25(19-5-3-2-4-6-19)16-29(28-24(25)18-7-11-21(27)12-8-18)15-23(32)30(17-31)22-13-9-20(26)10-14-22/h2-14,17H,15-16H2,1H3. The SMILES string of the molecule is CC1(c2ccccc2)CN(CC(=O)N(C=O)c2ccc(Br)cc2)N=C1c1ccc(Cl)cc1. The summed E-state index contributed by atoms with van der Waals surface area (Å²) in [4.78, 5) is 25.8. The Morgan fingerprint density at radius 3 is 2.38 bits per heavy atom. The number of hydrogen-bond donors (Lipinski definition) is 0. The Morgan fingerprint density at radius 2 is 1.75 bits per heavy atom. The molecule has 0 bridgehead atoms. The number of benzene rings is 3. The lowest BCUT2D eigenvalue weighted by Gasteiger charge is -2.28. The largest absolute Gasteiger partial charge is 0.286 e. The number of hydrogen-bond acceptors (Lipinski definition) is 4. The van der Waals surface area contributed by atoms with Gasteiger partial charge >= 0.3 is 0 Å². The van der Waals surface area contributed by atoms with E-state index in [2.05, 4.69) is 35.0 Å². The summed E-state index contributed by atoms with van der Waals surface area (Å²) in [6, 6.07) is 24.7. The van der Waals surface area contributed by atoms with Crippen molar-refractivity contribution < 1.29 is 9.59 Å². The Bertz CT molecular complexity index is 1150. The minimum atomic E-state index is -0.432. The molecule has 2 amide bonds. The van der Waals surface area contributed by atoms with Crippen LogP contribution in [-0.4, -0.2) is 36.1 Å². The number of imide groups is 1. The van der Waals surface area contributed by atoms with E-state index in [1.165, 1.54) is 0 Å². The summed E-state index contributed by atoms with van der Waals surface area (Å²) in [7, 11) is 0. The lowest BCUT2D eigenvalue weighted by atomic mass is 9.76. The zero-order valence-electron chi connectivity index (χ0n) is 17.4. The maximum Gasteiger partial charge on any atom is 0.254 e. The van der Waals surface area contributed by atoms with Crippen LogP contribution < -0.4 is 4.90 Å². The van der Waals surface area contributed by atoms with Crippen LogP contribution >= 0.6 is 27.5 Å². The molecule has 32 heavy (non-hydrogen) atoms. The van der Waals surface area contributed by atoms with Crippen LogP contribution in [0.3, 0.4) is 0 Å². The van der Waals surface area contributed by atoms with Crippen LogP contribution in [-0.2, 0) is 15.0 Å². The summed E-state index contributed by atoms with van der Waals surface area (Å²) < 4.78 is 0.870. The van der Waals surface area contributed by atoms with Crippen molar-refractivity contribution in [3.63, 3.8) is 0 Å². The van der Waals surface area contributed by atoms with Crippen LogP contribution in [0.15, 0.2) is 88.4 Å². The molecule has 1 aliphatic heterocycles. The second kappa shape index (κ2) is 9.27. The van der Waals surface area contributed by atoms with E-state index in [4.69, 9.17) is 16.7 Å². The Balaban J connectivity index is 1.64. The molecule has 1 heterocycles. The maximum absolute atomic E-state index is 13.0. The molecule has 1 aliphatic rings. The number of carbonyl (C=O) groups excluding carboxylic acids is 2. The van der Waals surface area contributed by atoms with E-state index < -0.39 is 5.41 Å². The first-order valence-electron chi connectivity index (χ1n) is 10.1. The molecule has 0 aromatic heterocycles. The second-order valence-electron chi connectivity index (χ2n) is 7.82. The molecule has 3 aromatic carbocycles. The molecule has 0 spiro atoms. The van der Waals surface area contributed by atoms with Crippen molar-refractivity contribution in [1.29, 1.82) is 0 Å². The van der Waals surface area contributed by atoms with E-state index in [1.807, 2.05) is 42.5 Å². The summed E-state index contributed by atoms with van der Waals surface area (Å²) >= 11 is 9.45. The molecule has 1 atom stereocenters. The quantitative estimate of drug-likeness (QED) is 0.425. The molecule has 0 saturated carbocycles. The predicted molar refractivity (Wildman–Crippen MR) is 131 cm³/mol. The van der Waals surface area contributed by atoms with Crippen molar-refractivity contribution in [2.24, 2.45) is 5.10 Å². The fraction of sp³-hybridized carbons (Fsp3) is 0.160. The minimum absolute atomic E-state index is 0.0195.